The molecule has 0 saturated carbocycles. The number of likely N-dealkylation sites (tertiary alicyclic amines) is 1. The van der Waals surface area contributed by atoms with Crippen molar-refractivity contribution >= 4 is 33.7 Å². The van der Waals surface area contributed by atoms with Gasteiger partial charge in [-0.1, -0.05) is 6.07 Å². The van der Waals surface area contributed by atoms with Crippen molar-refractivity contribution in [3.63, 3.8) is 0 Å². The van der Waals surface area contributed by atoms with Gasteiger partial charge in [0, 0.05) is 37.5 Å². The number of anilines is 1. The van der Waals surface area contributed by atoms with Gasteiger partial charge in [0.1, 0.15) is 17.8 Å². The van der Waals surface area contributed by atoms with E-state index in [1.54, 1.807) is 13.1 Å². The third kappa shape index (κ3) is 3.26. The van der Waals surface area contributed by atoms with E-state index >= 15 is 0 Å². The van der Waals surface area contributed by atoms with Gasteiger partial charge < -0.3 is 10.6 Å². The summed E-state index contributed by atoms with van der Waals surface area (Å²) in [6, 6.07) is 6.05. The molecule has 1 aromatic carbocycles. The number of piperidine rings is 1. The van der Waals surface area contributed by atoms with Gasteiger partial charge in [-0.05, 0) is 37.3 Å². The first kappa shape index (κ1) is 18.5. The fourth-order valence-corrected chi connectivity index (χ4v) is 4.32. The van der Waals surface area contributed by atoms with Gasteiger partial charge in [0.05, 0.1) is 17.1 Å². The molecule has 1 aliphatic rings. The molecule has 3 aromatic heterocycles. The van der Waals surface area contributed by atoms with Crippen LogP contribution in [0.5, 0.6) is 0 Å². The Hall–Kier alpha value is -3.49. The van der Waals surface area contributed by atoms with E-state index in [2.05, 4.69) is 26.2 Å². The second-order valence-corrected chi connectivity index (χ2v) is 7.94. The molecule has 0 spiro atoms. The average molecular weight is 404 g/mol. The summed E-state index contributed by atoms with van der Waals surface area (Å²) in [4.78, 5) is 22.1. The average Bonchev–Trinajstić information content (AvgIpc) is 3.37. The highest BCUT2D eigenvalue weighted by Crippen LogP contribution is 2.32. The summed E-state index contributed by atoms with van der Waals surface area (Å²) in [6.45, 7) is 4.07. The first-order valence-corrected chi connectivity index (χ1v) is 10.3. The molecule has 154 valence electrons. The number of rotatable bonds is 4. The maximum Gasteiger partial charge on any atom is 0.219 e. The van der Waals surface area contributed by atoms with Crippen LogP contribution in [0.1, 0.15) is 26.2 Å². The molecule has 0 radical (unpaired) electrons. The maximum atomic E-state index is 11.5. The lowest BCUT2D eigenvalue weighted by atomic mass is 9.93. The van der Waals surface area contributed by atoms with Crippen LogP contribution in [-0.2, 0) is 11.3 Å². The third-order valence-corrected chi connectivity index (χ3v) is 6.08. The van der Waals surface area contributed by atoms with Crippen LogP contribution in [0.2, 0.25) is 0 Å². The highest BCUT2D eigenvalue weighted by molar-refractivity contribution is 5.99. The minimum atomic E-state index is 0.165. The van der Waals surface area contributed by atoms with Crippen LogP contribution >= 0.6 is 0 Å². The summed E-state index contributed by atoms with van der Waals surface area (Å²) in [5.41, 5.74) is 9.70. The van der Waals surface area contributed by atoms with Gasteiger partial charge in [-0.3, -0.25) is 9.89 Å². The Morgan fingerprint density at radius 1 is 1.27 bits per heavy atom. The van der Waals surface area contributed by atoms with Crippen molar-refractivity contribution in [2.75, 3.05) is 18.8 Å². The minimum absolute atomic E-state index is 0.165. The van der Waals surface area contributed by atoms with E-state index in [4.69, 9.17) is 10.8 Å². The fraction of sp³-hybridized carbons (Fsp3) is 0.381. The van der Waals surface area contributed by atoms with Crippen LogP contribution in [0.15, 0.2) is 30.7 Å². The molecule has 4 heterocycles. The summed E-state index contributed by atoms with van der Waals surface area (Å²) in [5.74, 6) is 1.17. The number of benzene rings is 1. The second-order valence-electron chi connectivity index (χ2n) is 7.94. The number of aryl methyl sites for hydroxylation is 1. The first-order chi connectivity index (χ1) is 14.6. The standard InChI is InChI=1S/C21H24N8O/c1-13(30)28-7-4-14(5-8-28)6-9-29-21-18(20(22)23-12-24-21)19(27-29)15-2-3-17-16(10-15)11-25-26-17/h2-3,10-12,14H,4-9H2,1H3,(H,25,26)(H2,22,23,24). The van der Waals surface area contributed by atoms with Gasteiger partial charge in [-0.25, -0.2) is 14.6 Å². The molecule has 0 unspecified atom stereocenters. The third-order valence-electron chi connectivity index (χ3n) is 6.08. The zero-order chi connectivity index (χ0) is 20.7. The molecule has 1 fully saturated rings. The monoisotopic (exact) mass is 404 g/mol. The lowest BCUT2D eigenvalue weighted by molar-refractivity contribution is -0.130. The molecule has 3 N–H and O–H groups in total. The highest BCUT2D eigenvalue weighted by Gasteiger charge is 2.22. The van der Waals surface area contributed by atoms with Crippen LogP contribution < -0.4 is 5.73 Å². The van der Waals surface area contributed by atoms with Crippen molar-refractivity contribution in [2.45, 2.75) is 32.7 Å². The number of hydrogen-bond acceptors (Lipinski definition) is 6. The Bertz CT molecular complexity index is 1220. The Morgan fingerprint density at radius 3 is 2.90 bits per heavy atom. The number of carbonyl (C=O) groups excluding carboxylic acids is 1. The van der Waals surface area contributed by atoms with E-state index in [9.17, 15) is 4.79 Å². The molecule has 0 aliphatic carbocycles. The molecule has 1 amide bonds. The minimum Gasteiger partial charge on any atom is -0.383 e. The Balaban J connectivity index is 1.43. The van der Waals surface area contributed by atoms with E-state index in [0.29, 0.717) is 11.7 Å². The maximum absolute atomic E-state index is 11.5. The molecule has 30 heavy (non-hydrogen) atoms. The van der Waals surface area contributed by atoms with E-state index in [1.807, 2.05) is 21.7 Å². The van der Waals surface area contributed by atoms with Gasteiger partial charge in [0.15, 0.2) is 5.65 Å². The van der Waals surface area contributed by atoms with Crippen molar-refractivity contribution in [1.82, 2.24) is 34.8 Å². The molecule has 5 rings (SSSR count). The van der Waals surface area contributed by atoms with Crippen LogP contribution in [0.4, 0.5) is 5.82 Å². The lowest BCUT2D eigenvalue weighted by Crippen LogP contribution is -2.37. The molecule has 1 saturated heterocycles. The number of nitrogens with two attached hydrogens (primary N) is 1. The predicted octanol–water partition coefficient (Wildman–Crippen LogP) is 2.60. The summed E-state index contributed by atoms with van der Waals surface area (Å²) in [5, 5.41) is 13.7. The van der Waals surface area contributed by atoms with Crippen LogP contribution in [0.3, 0.4) is 0 Å². The van der Waals surface area contributed by atoms with Crippen molar-refractivity contribution in [3.05, 3.63) is 30.7 Å². The Kier molecular flexibility index (Phi) is 4.57. The van der Waals surface area contributed by atoms with Crippen molar-refractivity contribution in [2.24, 2.45) is 5.92 Å². The largest absolute Gasteiger partial charge is 0.383 e. The normalized spacial score (nSPS) is 15.3. The lowest BCUT2D eigenvalue weighted by Gasteiger charge is -2.31. The van der Waals surface area contributed by atoms with Gasteiger partial charge >= 0.3 is 0 Å². The molecule has 9 nitrogen and oxygen atoms in total. The highest BCUT2D eigenvalue weighted by atomic mass is 16.2. The number of aromatic nitrogens is 6. The Labute approximate surface area is 173 Å². The topological polar surface area (TPSA) is 119 Å². The first-order valence-electron chi connectivity index (χ1n) is 10.3. The molecular weight excluding hydrogens is 380 g/mol. The number of amides is 1. The van der Waals surface area contributed by atoms with Crippen LogP contribution in [0, 0.1) is 5.92 Å². The van der Waals surface area contributed by atoms with Gasteiger partial charge in [0.2, 0.25) is 5.91 Å². The number of nitrogen functional groups attached to an aromatic ring is 1. The summed E-state index contributed by atoms with van der Waals surface area (Å²) >= 11 is 0. The molecule has 0 bridgehead atoms. The van der Waals surface area contributed by atoms with E-state index in [0.717, 1.165) is 72.1 Å². The van der Waals surface area contributed by atoms with Crippen molar-refractivity contribution in [3.8, 4) is 11.3 Å². The van der Waals surface area contributed by atoms with E-state index in [1.165, 1.54) is 6.33 Å². The molecule has 1 aliphatic heterocycles. The van der Waals surface area contributed by atoms with Crippen LogP contribution in [-0.4, -0.2) is 53.8 Å². The number of carbonyl (C=O) groups is 1. The van der Waals surface area contributed by atoms with E-state index < -0.39 is 0 Å². The zero-order valence-electron chi connectivity index (χ0n) is 16.9. The SMILES string of the molecule is CC(=O)N1CCC(CCn2nc(-c3ccc4[nH]ncc4c3)c3c(N)ncnc32)CC1. The number of aromatic amines is 1. The summed E-state index contributed by atoms with van der Waals surface area (Å²) in [7, 11) is 0. The summed E-state index contributed by atoms with van der Waals surface area (Å²) in [6.07, 6.45) is 6.34. The molecular formula is C21H24N8O. The Morgan fingerprint density at radius 2 is 2.10 bits per heavy atom. The smallest absolute Gasteiger partial charge is 0.219 e. The molecule has 4 aromatic rings. The zero-order valence-corrected chi connectivity index (χ0v) is 16.9. The molecule has 0 atom stereocenters. The van der Waals surface area contributed by atoms with Crippen LogP contribution in [0.25, 0.3) is 33.2 Å². The van der Waals surface area contributed by atoms with Gasteiger partial charge in [-0.2, -0.15) is 10.2 Å². The quantitative estimate of drug-likeness (QED) is 0.540. The second kappa shape index (κ2) is 7.40. The van der Waals surface area contributed by atoms with Crippen molar-refractivity contribution in [1.29, 1.82) is 0 Å². The van der Waals surface area contributed by atoms with Gasteiger partial charge in [-0.15, -0.1) is 0 Å². The van der Waals surface area contributed by atoms with Gasteiger partial charge in [0.25, 0.3) is 0 Å². The van der Waals surface area contributed by atoms with E-state index in [-0.39, 0.29) is 5.91 Å². The number of nitrogens with zero attached hydrogens (tertiary/aromatic N) is 6. The van der Waals surface area contributed by atoms with Crippen molar-refractivity contribution < 1.29 is 4.79 Å². The summed E-state index contributed by atoms with van der Waals surface area (Å²) < 4.78 is 1.94. The molecule has 9 heteroatoms. The number of hydrogen-bond donors (Lipinski definition) is 2. The number of H-pyrrole nitrogens is 1. The number of fused-ring (bicyclic) bond motifs is 2. The number of nitrogens with one attached hydrogen (secondary N) is 1. The fourth-order valence-electron chi connectivity index (χ4n) is 4.32. The predicted molar refractivity (Wildman–Crippen MR) is 114 cm³/mol.